The molecule has 0 N–H and O–H groups in total. The highest BCUT2D eigenvalue weighted by Crippen LogP contribution is 2.26. The SMILES string of the molecule is O=[N+]([O-])c1cc(Br)ccc1Cn1cnc2c1CCCC2. The first kappa shape index (κ1) is 13.3. The van der Waals surface area contributed by atoms with Crippen LogP contribution in [0.4, 0.5) is 5.69 Å². The lowest BCUT2D eigenvalue weighted by Gasteiger charge is -2.14. The predicted molar refractivity (Wildman–Crippen MR) is 78.8 cm³/mol. The van der Waals surface area contributed by atoms with Crippen LogP contribution in [0.2, 0.25) is 0 Å². The molecule has 0 bridgehead atoms. The molecule has 3 rings (SSSR count). The number of nitrogens with zero attached hydrogens (tertiary/aromatic N) is 3. The topological polar surface area (TPSA) is 61.0 Å². The number of aromatic nitrogens is 2. The van der Waals surface area contributed by atoms with Crippen LogP contribution in [0.5, 0.6) is 0 Å². The Hall–Kier alpha value is -1.69. The summed E-state index contributed by atoms with van der Waals surface area (Å²) in [5, 5.41) is 11.2. The van der Waals surface area contributed by atoms with Gasteiger partial charge in [0.2, 0.25) is 0 Å². The number of fused-ring (bicyclic) bond motifs is 1. The van der Waals surface area contributed by atoms with Crippen molar-refractivity contribution in [3.8, 4) is 0 Å². The zero-order valence-electron chi connectivity index (χ0n) is 10.9. The molecule has 1 aliphatic carbocycles. The molecule has 2 aromatic rings. The monoisotopic (exact) mass is 335 g/mol. The maximum absolute atomic E-state index is 11.2. The van der Waals surface area contributed by atoms with Crippen LogP contribution in [0.3, 0.4) is 0 Å². The van der Waals surface area contributed by atoms with Crippen molar-refractivity contribution in [2.45, 2.75) is 32.2 Å². The van der Waals surface area contributed by atoms with Crippen molar-refractivity contribution in [3.05, 3.63) is 56.1 Å². The fourth-order valence-electron chi connectivity index (χ4n) is 2.69. The molecule has 104 valence electrons. The van der Waals surface area contributed by atoms with Gasteiger partial charge in [-0.25, -0.2) is 4.98 Å². The van der Waals surface area contributed by atoms with Crippen molar-refractivity contribution >= 4 is 21.6 Å². The lowest BCUT2D eigenvalue weighted by Crippen LogP contribution is -2.10. The molecule has 5 nitrogen and oxygen atoms in total. The molecule has 6 heteroatoms. The van der Waals surface area contributed by atoms with Crippen molar-refractivity contribution in [2.24, 2.45) is 0 Å². The van der Waals surface area contributed by atoms with Gasteiger partial charge in [-0.15, -0.1) is 0 Å². The summed E-state index contributed by atoms with van der Waals surface area (Å²) in [5.74, 6) is 0. The van der Waals surface area contributed by atoms with Crippen molar-refractivity contribution in [3.63, 3.8) is 0 Å². The van der Waals surface area contributed by atoms with Gasteiger partial charge in [0.15, 0.2) is 0 Å². The average molecular weight is 336 g/mol. The summed E-state index contributed by atoms with van der Waals surface area (Å²) in [4.78, 5) is 15.2. The molecule has 1 aromatic carbocycles. The van der Waals surface area contributed by atoms with Crippen LogP contribution in [-0.4, -0.2) is 14.5 Å². The second-order valence-electron chi connectivity index (χ2n) is 5.00. The molecule has 1 aliphatic rings. The van der Waals surface area contributed by atoms with Gasteiger partial charge in [0.25, 0.3) is 5.69 Å². The first-order valence-electron chi connectivity index (χ1n) is 6.61. The average Bonchev–Trinajstić information content (AvgIpc) is 2.84. The highest BCUT2D eigenvalue weighted by atomic mass is 79.9. The largest absolute Gasteiger partial charge is 0.330 e. The van der Waals surface area contributed by atoms with E-state index in [1.807, 2.05) is 17.0 Å². The quantitative estimate of drug-likeness (QED) is 0.637. The minimum Gasteiger partial charge on any atom is -0.330 e. The van der Waals surface area contributed by atoms with E-state index >= 15 is 0 Å². The van der Waals surface area contributed by atoms with Crippen molar-refractivity contribution in [1.29, 1.82) is 0 Å². The summed E-state index contributed by atoms with van der Waals surface area (Å²) in [6, 6.07) is 5.20. The number of aryl methyl sites for hydroxylation is 1. The smallest absolute Gasteiger partial charge is 0.275 e. The summed E-state index contributed by atoms with van der Waals surface area (Å²) in [6.45, 7) is 0.506. The zero-order valence-corrected chi connectivity index (χ0v) is 12.5. The maximum Gasteiger partial charge on any atom is 0.275 e. The fourth-order valence-corrected chi connectivity index (χ4v) is 3.04. The Balaban J connectivity index is 1.95. The summed E-state index contributed by atoms with van der Waals surface area (Å²) in [5.41, 5.74) is 3.24. The third kappa shape index (κ3) is 2.47. The van der Waals surface area contributed by atoms with E-state index in [2.05, 4.69) is 20.9 Å². The van der Waals surface area contributed by atoms with E-state index in [0.717, 1.165) is 23.0 Å². The number of rotatable bonds is 3. The highest BCUT2D eigenvalue weighted by Gasteiger charge is 2.19. The van der Waals surface area contributed by atoms with Crippen LogP contribution in [-0.2, 0) is 19.4 Å². The van der Waals surface area contributed by atoms with Crippen LogP contribution in [0.25, 0.3) is 0 Å². The molecule has 1 heterocycles. The van der Waals surface area contributed by atoms with Crippen LogP contribution >= 0.6 is 15.9 Å². The van der Waals surface area contributed by atoms with Crippen molar-refractivity contribution in [1.82, 2.24) is 9.55 Å². The third-order valence-electron chi connectivity index (χ3n) is 3.69. The van der Waals surface area contributed by atoms with E-state index in [1.165, 1.54) is 18.5 Å². The zero-order chi connectivity index (χ0) is 14.1. The molecule has 0 saturated carbocycles. The Kier molecular flexibility index (Phi) is 3.56. The molecule has 0 aliphatic heterocycles. The number of hydrogen-bond acceptors (Lipinski definition) is 3. The van der Waals surface area contributed by atoms with Crippen LogP contribution in [0, 0.1) is 10.1 Å². The Morgan fingerprint density at radius 2 is 2.15 bits per heavy atom. The van der Waals surface area contributed by atoms with Gasteiger partial charge in [-0.2, -0.15) is 0 Å². The van der Waals surface area contributed by atoms with Gasteiger partial charge in [0.1, 0.15) is 0 Å². The molecule has 0 fully saturated rings. The number of hydrogen-bond donors (Lipinski definition) is 0. The van der Waals surface area contributed by atoms with Gasteiger partial charge < -0.3 is 4.57 Å². The van der Waals surface area contributed by atoms with E-state index in [0.29, 0.717) is 12.1 Å². The first-order chi connectivity index (χ1) is 9.65. The molecule has 0 unspecified atom stereocenters. The standard InChI is InChI=1S/C14H14BrN3O2/c15-11-6-5-10(14(7-11)18(19)20)8-17-9-16-12-3-1-2-4-13(12)17/h5-7,9H,1-4,8H2. The molecular weight excluding hydrogens is 322 g/mol. The van der Waals surface area contributed by atoms with Crippen LogP contribution in [0.15, 0.2) is 29.0 Å². The van der Waals surface area contributed by atoms with E-state index < -0.39 is 0 Å². The molecular formula is C14H14BrN3O2. The number of imidazole rings is 1. The Morgan fingerprint density at radius 1 is 1.35 bits per heavy atom. The predicted octanol–water partition coefficient (Wildman–Crippen LogP) is 3.48. The van der Waals surface area contributed by atoms with Crippen molar-refractivity contribution in [2.75, 3.05) is 0 Å². The number of halogens is 1. The molecule has 1 aromatic heterocycles. The molecule has 0 spiro atoms. The summed E-state index contributed by atoms with van der Waals surface area (Å²) >= 11 is 3.28. The Labute approximate surface area is 124 Å². The fraction of sp³-hybridized carbons (Fsp3) is 0.357. The minimum atomic E-state index is -0.330. The third-order valence-corrected chi connectivity index (χ3v) is 4.19. The van der Waals surface area contributed by atoms with Crippen LogP contribution in [0.1, 0.15) is 29.8 Å². The van der Waals surface area contributed by atoms with Crippen molar-refractivity contribution < 1.29 is 4.92 Å². The second-order valence-corrected chi connectivity index (χ2v) is 5.92. The highest BCUT2D eigenvalue weighted by molar-refractivity contribution is 9.10. The van der Waals surface area contributed by atoms with Gasteiger partial charge in [-0.1, -0.05) is 15.9 Å². The van der Waals surface area contributed by atoms with E-state index in [-0.39, 0.29) is 10.6 Å². The normalized spacial score (nSPS) is 14.1. The van der Waals surface area contributed by atoms with Gasteiger partial charge >= 0.3 is 0 Å². The molecule has 0 amide bonds. The molecule has 0 saturated heterocycles. The lowest BCUT2D eigenvalue weighted by atomic mass is 10.0. The summed E-state index contributed by atoms with van der Waals surface area (Å²) in [7, 11) is 0. The lowest BCUT2D eigenvalue weighted by molar-refractivity contribution is -0.385. The second kappa shape index (κ2) is 5.36. The molecule has 0 radical (unpaired) electrons. The summed E-state index contributed by atoms with van der Waals surface area (Å²) < 4.78 is 2.77. The Bertz CT molecular complexity index is 666. The molecule has 20 heavy (non-hydrogen) atoms. The number of benzene rings is 1. The summed E-state index contributed by atoms with van der Waals surface area (Å²) in [6.07, 6.45) is 6.19. The molecule has 0 atom stereocenters. The van der Waals surface area contributed by atoms with Gasteiger partial charge in [0.05, 0.1) is 23.5 Å². The van der Waals surface area contributed by atoms with E-state index in [4.69, 9.17) is 0 Å². The number of nitro benzene ring substituents is 1. The van der Waals surface area contributed by atoms with E-state index in [1.54, 1.807) is 12.1 Å². The Morgan fingerprint density at radius 3 is 2.95 bits per heavy atom. The van der Waals surface area contributed by atoms with E-state index in [9.17, 15) is 10.1 Å². The van der Waals surface area contributed by atoms with Gasteiger partial charge in [-0.05, 0) is 37.8 Å². The van der Waals surface area contributed by atoms with Gasteiger partial charge in [0, 0.05) is 21.8 Å². The number of nitro groups is 1. The maximum atomic E-state index is 11.2. The van der Waals surface area contributed by atoms with Crippen LogP contribution < -0.4 is 0 Å². The minimum absolute atomic E-state index is 0.151. The van der Waals surface area contributed by atoms with Gasteiger partial charge in [-0.3, -0.25) is 10.1 Å². The first-order valence-corrected chi connectivity index (χ1v) is 7.40.